The summed E-state index contributed by atoms with van der Waals surface area (Å²) in [4.78, 5) is 39.1. The monoisotopic (exact) mass is 550 g/mol. The molecule has 0 unspecified atom stereocenters. The van der Waals surface area contributed by atoms with Gasteiger partial charge in [0.15, 0.2) is 0 Å². The number of nitrogens with zero attached hydrogens (tertiary/aromatic N) is 3. The smallest absolute Gasteiger partial charge is 0.410 e. The molecule has 2 saturated heterocycles. The number of hydrogen-bond acceptors (Lipinski definition) is 5. The molecule has 2 heterocycles. The molecular weight excluding hydrogens is 527 g/mol. The molecule has 0 aromatic heterocycles. The van der Waals surface area contributed by atoms with E-state index >= 15 is 0 Å². The van der Waals surface area contributed by atoms with Crippen LogP contribution in [-0.4, -0.2) is 52.1 Å². The number of piperidine rings is 1. The first-order valence-corrected chi connectivity index (χ1v) is 11.4. The quantitative estimate of drug-likeness (QED) is 0.342. The molecule has 0 saturated carbocycles. The van der Waals surface area contributed by atoms with Crippen molar-refractivity contribution in [3.8, 4) is 0 Å². The number of nitro benzene ring substituents is 1. The van der Waals surface area contributed by atoms with E-state index in [1.54, 1.807) is 28.9 Å². The molecular formula is C22H23IN4O5. The van der Waals surface area contributed by atoms with Crippen molar-refractivity contribution in [2.24, 2.45) is 0 Å². The number of nitro groups is 1. The van der Waals surface area contributed by atoms with Gasteiger partial charge in [0, 0.05) is 53.4 Å². The van der Waals surface area contributed by atoms with Crippen molar-refractivity contribution < 1.29 is 19.2 Å². The van der Waals surface area contributed by atoms with Crippen molar-refractivity contribution in [3.63, 3.8) is 0 Å². The zero-order valence-corrected chi connectivity index (χ0v) is 19.7. The van der Waals surface area contributed by atoms with Crippen LogP contribution in [0.4, 0.5) is 21.0 Å². The maximum Gasteiger partial charge on any atom is 0.410 e. The van der Waals surface area contributed by atoms with Crippen LogP contribution in [0, 0.1) is 20.6 Å². The summed E-state index contributed by atoms with van der Waals surface area (Å²) in [5, 5.41) is 13.9. The second kappa shape index (κ2) is 8.93. The van der Waals surface area contributed by atoms with Gasteiger partial charge in [-0.2, -0.15) is 0 Å². The average molecular weight is 550 g/mol. The van der Waals surface area contributed by atoms with Crippen molar-refractivity contribution in [3.05, 3.63) is 67.3 Å². The lowest BCUT2D eigenvalue weighted by Crippen LogP contribution is -2.49. The highest BCUT2D eigenvalue weighted by molar-refractivity contribution is 14.1. The molecule has 2 aliphatic heterocycles. The lowest BCUT2D eigenvalue weighted by Gasteiger charge is -2.37. The lowest BCUT2D eigenvalue weighted by atomic mass is 9.91. The van der Waals surface area contributed by atoms with E-state index in [2.05, 4.69) is 27.9 Å². The van der Waals surface area contributed by atoms with E-state index in [1.165, 1.54) is 6.07 Å². The van der Waals surface area contributed by atoms with Gasteiger partial charge in [0.25, 0.3) is 5.69 Å². The van der Waals surface area contributed by atoms with Gasteiger partial charge in [0.05, 0.1) is 11.5 Å². The third-order valence-electron chi connectivity index (χ3n) is 5.95. The number of halogens is 1. The van der Waals surface area contributed by atoms with Gasteiger partial charge in [-0.15, -0.1) is 0 Å². The van der Waals surface area contributed by atoms with Gasteiger partial charge in [-0.25, -0.2) is 9.59 Å². The minimum Gasteiger partial charge on any atom is -0.441 e. The predicted octanol–water partition coefficient (Wildman–Crippen LogP) is 4.53. The number of benzene rings is 2. The molecule has 9 nitrogen and oxygen atoms in total. The number of carbonyl (C=O) groups excluding carboxylic acids is 2. The number of nitrogens with one attached hydrogen (secondary N) is 1. The third-order valence-corrected chi connectivity index (χ3v) is 6.67. The van der Waals surface area contributed by atoms with E-state index in [0.717, 1.165) is 9.13 Å². The second-order valence-corrected chi connectivity index (χ2v) is 9.45. The number of anilines is 1. The number of hydrogen-bond donors (Lipinski definition) is 1. The van der Waals surface area contributed by atoms with Crippen molar-refractivity contribution in [1.82, 2.24) is 9.80 Å². The molecule has 10 heteroatoms. The summed E-state index contributed by atoms with van der Waals surface area (Å²) in [6, 6.07) is 12.3. The number of urea groups is 1. The largest absolute Gasteiger partial charge is 0.441 e. The fourth-order valence-electron chi connectivity index (χ4n) is 4.09. The molecule has 2 aromatic carbocycles. The van der Waals surface area contributed by atoms with Crippen molar-refractivity contribution in [1.29, 1.82) is 0 Å². The van der Waals surface area contributed by atoms with Crippen LogP contribution < -0.4 is 5.32 Å². The van der Waals surface area contributed by atoms with Gasteiger partial charge in [-0.3, -0.25) is 15.0 Å². The Bertz CT molecular complexity index is 1050. The summed E-state index contributed by atoms with van der Waals surface area (Å²) in [6.07, 6.45) is 0.765. The zero-order chi connectivity index (χ0) is 22.9. The third kappa shape index (κ3) is 4.79. The molecule has 32 heavy (non-hydrogen) atoms. The Kier molecular flexibility index (Phi) is 6.22. The Balaban J connectivity index is 1.34. The van der Waals surface area contributed by atoms with Crippen molar-refractivity contribution in [2.75, 3.05) is 25.0 Å². The number of likely N-dealkylation sites (tertiary alicyclic amines) is 1. The van der Waals surface area contributed by atoms with Crippen LogP contribution in [0.15, 0.2) is 42.5 Å². The van der Waals surface area contributed by atoms with Crippen LogP contribution in [0.3, 0.4) is 0 Å². The molecule has 2 fully saturated rings. The Morgan fingerprint density at radius 1 is 1.22 bits per heavy atom. The van der Waals surface area contributed by atoms with Crippen LogP contribution >= 0.6 is 22.6 Å². The van der Waals surface area contributed by atoms with Gasteiger partial charge in [-0.1, -0.05) is 18.2 Å². The Labute approximate surface area is 199 Å². The van der Waals surface area contributed by atoms with Crippen LogP contribution in [0.2, 0.25) is 0 Å². The number of amides is 3. The molecule has 0 aliphatic carbocycles. The molecule has 168 valence electrons. The number of ether oxygens (including phenoxy) is 1. The Morgan fingerprint density at radius 3 is 2.56 bits per heavy atom. The summed E-state index contributed by atoms with van der Waals surface area (Å²) in [6.45, 7) is 3.51. The van der Waals surface area contributed by atoms with Crippen LogP contribution in [0.25, 0.3) is 0 Å². The Hall–Kier alpha value is -2.89. The lowest BCUT2D eigenvalue weighted by molar-refractivity contribution is -0.385. The normalized spacial score (nSPS) is 17.4. The Morgan fingerprint density at radius 2 is 1.91 bits per heavy atom. The molecule has 0 radical (unpaired) electrons. The standard InChI is InChI=1S/C22H23IN4O5/c1-15-2-7-18(12-19(15)27(30)31)24-20(28)25-10-8-22(9-11-25)14-26(21(29)32-22)13-16-3-5-17(23)6-4-16/h2-7,12H,8-11,13-14H2,1H3,(H,24,28). The summed E-state index contributed by atoms with van der Waals surface area (Å²) >= 11 is 2.24. The van der Waals surface area contributed by atoms with E-state index in [-0.39, 0.29) is 17.8 Å². The SMILES string of the molecule is Cc1ccc(NC(=O)N2CCC3(CC2)CN(Cc2ccc(I)cc2)C(=O)O3)cc1[N+](=O)[O-]. The first kappa shape index (κ1) is 22.3. The molecule has 0 atom stereocenters. The van der Waals surface area contributed by atoms with Gasteiger partial charge in [-0.05, 0) is 53.3 Å². The van der Waals surface area contributed by atoms with Crippen LogP contribution in [-0.2, 0) is 11.3 Å². The minimum absolute atomic E-state index is 0.0357. The van der Waals surface area contributed by atoms with E-state index in [1.807, 2.05) is 24.3 Å². The maximum atomic E-state index is 12.7. The number of carbonyl (C=O) groups is 2. The zero-order valence-electron chi connectivity index (χ0n) is 17.5. The van der Waals surface area contributed by atoms with E-state index in [0.29, 0.717) is 50.3 Å². The number of rotatable bonds is 4. The van der Waals surface area contributed by atoms with E-state index in [9.17, 15) is 19.7 Å². The van der Waals surface area contributed by atoms with Gasteiger partial charge in [0.2, 0.25) is 0 Å². The van der Waals surface area contributed by atoms with Gasteiger partial charge < -0.3 is 15.0 Å². The highest BCUT2D eigenvalue weighted by Gasteiger charge is 2.47. The van der Waals surface area contributed by atoms with Gasteiger partial charge >= 0.3 is 12.1 Å². The predicted molar refractivity (Wildman–Crippen MR) is 126 cm³/mol. The summed E-state index contributed by atoms with van der Waals surface area (Å²) < 4.78 is 6.89. The topological polar surface area (TPSA) is 105 Å². The molecule has 4 rings (SSSR count). The average Bonchev–Trinajstić information content (AvgIpc) is 3.05. The fourth-order valence-corrected chi connectivity index (χ4v) is 4.45. The molecule has 1 spiro atoms. The highest BCUT2D eigenvalue weighted by Crippen LogP contribution is 2.34. The maximum absolute atomic E-state index is 12.7. The second-order valence-electron chi connectivity index (χ2n) is 8.21. The molecule has 3 amide bonds. The first-order chi connectivity index (χ1) is 15.2. The van der Waals surface area contributed by atoms with E-state index in [4.69, 9.17) is 4.74 Å². The van der Waals surface area contributed by atoms with E-state index < -0.39 is 10.5 Å². The fraction of sp³-hybridized carbons (Fsp3) is 0.364. The van der Waals surface area contributed by atoms with Gasteiger partial charge in [0.1, 0.15) is 5.60 Å². The van der Waals surface area contributed by atoms with Crippen LogP contribution in [0.1, 0.15) is 24.0 Å². The van der Waals surface area contributed by atoms with Crippen molar-refractivity contribution >= 4 is 46.1 Å². The first-order valence-electron chi connectivity index (χ1n) is 10.3. The molecule has 2 aliphatic rings. The molecule has 2 aromatic rings. The number of aryl methyl sites for hydroxylation is 1. The minimum atomic E-state index is -0.584. The highest BCUT2D eigenvalue weighted by atomic mass is 127. The summed E-state index contributed by atoms with van der Waals surface area (Å²) in [5.41, 5.74) is 1.34. The summed E-state index contributed by atoms with van der Waals surface area (Å²) in [7, 11) is 0. The molecule has 1 N–H and O–H groups in total. The van der Waals surface area contributed by atoms with Crippen molar-refractivity contribution in [2.45, 2.75) is 31.9 Å². The van der Waals surface area contributed by atoms with Crippen LogP contribution in [0.5, 0.6) is 0 Å². The molecule has 0 bridgehead atoms. The summed E-state index contributed by atoms with van der Waals surface area (Å²) in [5.74, 6) is 0.